The first kappa shape index (κ1) is 21.5. The van der Waals surface area contributed by atoms with E-state index in [1.807, 2.05) is 13.8 Å². The van der Waals surface area contributed by atoms with Crippen LogP contribution in [0.3, 0.4) is 0 Å². The lowest BCUT2D eigenvalue weighted by Crippen LogP contribution is -2.24. The van der Waals surface area contributed by atoms with Crippen LogP contribution in [0.2, 0.25) is 5.02 Å². The summed E-state index contributed by atoms with van der Waals surface area (Å²) in [5.41, 5.74) is 2.99. The molecule has 0 unspecified atom stereocenters. The number of nitrogens with zero attached hydrogens (tertiary/aromatic N) is 1. The van der Waals surface area contributed by atoms with E-state index in [1.54, 1.807) is 12.1 Å². The van der Waals surface area contributed by atoms with Gasteiger partial charge in [-0.25, -0.2) is 9.82 Å². The van der Waals surface area contributed by atoms with E-state index in [2.05, 4.69) is 10.5 Å². The molecule has 0 saturated heterocycles. The second-order valence-electron chi connectivity index (χ2n) is 5.65. The van der Waals surface area contributed by atoms with Crippen LogP contribution < -0.4 is 19.6 Å². The molecule has 0 bridgehead atoms. The standard InChI is InChI=1S/C20H22ClFN2O4/c1-3-9-27-20-17(21)10-14(11-18(20)26-4-2)12-23-24-19(25)13-28-16-7-5-15(22)6-8-16/h5-8,10-12H,3-4,9,13H2,1-2H3,(H,24,25)/b23-12+. The zero-order valence-electron chi connectivity index (χ0n) is 15.7. The molecular formula is C20H22ClFN2O4. The Kier molecular flexibility index (Phi) is 8.55. The number of hydrogen-bond acceptors (Lipinski definition) is 5. The first-order valence-corrected chi connectivity index (χ1v) is 9.20. The highest BCUT2D eigenvalue weighted by Gasteiger charge is 2.12. The lowest BCUT2D eigenvalue weighted by atomic mass is 10.2. The molecule has 1 N–H and O–H groups in total. The van der Waals surface area contributed by atoms with Gasteiger partial charge in [-0.2, -0.15) is 5.10 Å². The topological polar surface area (TPSA) is 69.2 Å². The maximum absolute atomic E-state index is 12.8. The summed E-state index contributed by atoms with van der Waals surface area (Å²) in [7, 11) is 0. The van der Waals surface area contributed by atoms with Crippen LogP contribution >= 0.6 is 11.6 Å². The number of carbonyl (C=O) groups is 1. The van der Waals surface area contributed by atoms with Gasteiger partial charge in [-0.1, -0.05) is 18.5 Å². The summed E-state index contributed by atoms with van der Waals surface area (Å²) in [5.74, 6) is 0.545. The number of amides is 1. The minimum atomic E-state index is -0.459. The van der Waals surface area contributed by atoms with Crippen LogP contribution in [0.5, 0.6) is 17.2 Å². The van der Waals surface area contributed by atoms with Crippen molar-refractivity contribution >= 4 is 23.7 Å². The first-order chi connectivity index (χ1) is 13.5. The van der Waals surface area contributed by atoms with E-state index in [9.17, 15) is 9.18 Å². The third kappa shape index (κ3) is 6.74. The van der Waals surface area contributed by atoms with Gasteiger partial charge in [0.1, 0.15) is 11.6 Å². The molecule has 0 spiro atoms. The van der Waals surface area contributed by atoms with Crippen molar-refractivity contribution in [1.29, 1.82) is 0 Å². The zero-order valence-corrected chi connectivity index (χ0v) is 16.5. The Hall–Kier alpha value is -2.80. The molecule has 28 heavy (non-hydrogen) atoms. The van der Waals surface area contributed by atoms with E-state index in [1.165, 1.54) is 30.5 Å². The van der Waals surface area contributed by atoms with Gasteiger partial charge in [0.05, 0.1) is 24.5 Å². The molecule has 2 rings (SSSR count). The number of rotatable bonds is 10. The van der Waals surface area contributed by atoms with Crippen molar-refractivity contribution in [1.82, 2.24) is 5.43 Å². The maximum atomic E-state index is 12.8. The van der Waals surface area contributed by atoms with Gasteiger partial charge in [-0.15, -0.1) is 0 Å². The Morgan fingerprint density at radius 1 is 1.18 bits per heavy atom. The largest absolute Gasteiger partial charge is 0.490 e. The maximum Gasteiger partial charge on any atom is 0.277 e. The summed E-state index contributed by atoms with van der Waals surface area (Å²) in [6.45, 7) is 4.59. The van der Waals surface area contributed by atoms with E-state index < -0.39 is 5.91 Å². The first-order valence-electron chi connectivity index (χ1n) is 8.82. The van der Waals surface area contributed by atoms with Crippen LogP contribution in [-0.4, -0.2) is 31.9 Å². The summed E-state index contributed by atoms with van der Waals surface area (Å²) in [4.78, 5) is 11.8. The van der Waals surface area contributed by atoms with Gasteiger partial charge >= 0.3 is 0 Å². The number of hydrazone groups is 1. The molecule has 0 atom stereocenters. The van der Waals surface area contributed by atoms with Crippen LogP contribution in [0.1, 0.15) is 25.8 Å². The van der Waals surface area contributed by atoms with Gasteiger partial charge in [0.25, 0.3) is 5.91 Å². The average molecular weight is 409 g/mol. The summed E-state index contributed by atoms with van der Waals surface area (Å²) < 4.78 is 29.3. The number of benzene rings is 2. The molecule has 0 aliphatic carbocycles. The minimum absolute atomic E-state index is 0.252. The summed E-state index contributed by atoms with van der Waals surface area (Å²) >= 11 is 6.28. The number of carbonyl (C=O) groups excluding carboxylic acids is 1. The summed E-state index contributed by atoms with van der Waals surface area (Å²) in [5, 5.41) is 4.28. The van der Waals surface area contributed by atoms with Crippen molar-refractivity contribution in [2.45, 2.75) is 20.3 Å². The lowest BCUT2D eigenvalue weighted by Gasteiger charge is -2.13. The van der Waals surface area contributed by atoms with Crippen LogP contribution in [-0.2, 0) is 4.79 Å². The second-order valence-corrected chi connectivity index (χ2v) is 6.05. The van der Waals surface area contributed by atoms with Crippen LogP contribution in [0.4, 0.5) is 4.39 Å². The quantitative estimate of drug-likeness (QED) is 0.472. The van der Waals surface area contributed by atoms with Gasteiger partial charge < -0.3 is 14.2 Å². The molecule has 0 aliphatic heterocycles. The summed E-state index contributed by atoms with van der Waals surface area (Å²) in [6, 6.07) is 8.76. The fraction of sp³-hybridized carbons (Fsp3) is 0.300. The van der Waals surface area contributed by atoms with Crippen molar-refractivity contribution in [3.63, 3.8) is 0 Å². The fourth-order valence-electron chi connectivity index (χ4n) is 2.16. The number of halogens is 2. The van der Waals surface area contributed by atoms with Gasteiger partial charge in [0.2, 0.25) is 0 Å². The molecule has 1 amide bonds. The highest BCUT2D eigenvalue weighted by Crippen LogP contribution is 2.36. The molecular weight excluding hydrogens is 387 g/mol. The monoisotopic (exact) mass is 408 g/mol. The SMILES string of the molecule is CCCOc1c(Cl)cc(/C=N/NC(=O)COc2ccc(F)cc2)cc1OCC. The van der Waals surface area contributed by atoms with Crippen molar-refractivity contribution in [3.05, 3.63) is 52.8 Å². The zero-order chi connectivity index (χ0) is 20.4. The predicted octanol–water partition coefficient (Wildman–Crippen LogP) is 4.20. The molecule has 0 fully saturated rings. The van der Waals surface area contributed by atoms with E-state index in [-0.39, 0.29) is 12.4 Å². The fourth-order valence-corrected chi connectivity index (χ4v) is 2.43. The molecule has 0 saturated carbocycles. The van der Waals surface area contributed by atoms with Gasteiger partial charge in [0.15, 0.2) is 18.1 Å². The van der Waals surface area contributed by atoms with E-state index in [0.717, 1.165) is 6.42 Å². The van der Waals surface area contributed by atoms with Gasteiger partial charge in [-0.05, 0) is 55.3 Å². The minimum Gasteiger partial charge on any atom is -0.490 e. The van der Waals surface area contributed by atoms with Crippen molar-refractivity contribution in [3.8, 4) is 17.2 Å². The molecule has 2 aromatic rings. The average Bonchev–Trinajstić information content (AvgIpc) is 2.67. The Balaban J connectivity index is 1.94. The summed E-state index contributed by atoms with van der Waals surface area (Å²) in [6.07, 6.45) is 2.28. The molecule has 6 nitrogen and oxygen atoms in total. The van der Waals surface area contributed by atoms with Crippen molar-refractivity contribution in [2.75, 3.05) is 19.8 Å². The molecule has 2 aromatic carbocycles. The number of nitrogens with one attached hydrogen (secondary N) is 1. The molecule has 0 radical (unpaired) electrons. The van der Waals surface area contributed by atoms with E-state index >= 15 is 0 Å². The van der Waals surface area contributed by atoms with E-state index in [4.69, 9.17) is 25.8 Å². The Morgan fingerprint density at radius 3 is 2.61 bits per heavy atom. The van der Waals surface area contributed by atoms with E-state index in [0.29, 0.717) is 41.0 Å². The number of hydrogen-bond donors (Lipinski definition) is 1. The second kappa shape index (κ2) is 11.1. The predicted molar refractivity (Wildman–Crippen MR) is 106 cm³/mol. The Labute approximate surface area is 168 Å². The normalized spacial score (nSPS) is 10.7. The molecule has 0 aliphatic rings. The molecule has 8 heteroatoms. The Bertz CT molecular complexity index is 813. The Morgan fingerprint density at radius 2 is 1.93 bits per heavy atom. The number of ether oxygens (including phenoxy) is 3. The lowest BCUT2D eigenvalue weighted by molar-refractivity contribution is -0.123. The van der Waals surface area contributed by atoms with Gasteiger partial charge in [-0.3, -0.25) is 4.79 Å². The highest BCUT2D eigenvalue weighted by molar-refractivity contribution is 6.32. The van der Waals surface area contributed by atoms with Crippen LogP contribution in [0.15, 0.2) is 41.5 Å². The van der Waals surface area contributed by atoms with Crippen molar-refractivity contribution < 1.29 is 23.4 Å². The third-order valence-corrected chi connectivity index (χ3v) is 3.65. The highest BCUT2D eigenvalue weighted by atomic mass is 35.5. The molecule has 150 valence electrons. The van der Waals surface area contributed by atoms with Gasteiger partial charge in [0, 0.05) is 0 Å². The third-order valence-electron chi connectivity index (χ3n) is 3.37. The molecule has 0 heterocycles. The smallest absolute Gasteiger partial charge is 0.277 e. The van der Waals surface area contributed by atoms with Crippen molar-refractivity contribution in [2.24, 2.45) is 5.10 Å². The van der Waals surface area contributed by atoms with Crippen LogP contribution in [0, 0.1) is 5.82 Å². The van der Waals surface area contributed by atoms with Crippen LogP contribution in [0.25, 0.3) is 0 Å². The molecule has 0 aromatic heterocycles.